The van der Waals surface area contributed by atoms with Crippen molar-refractivity contribution in [1.29, 1.82) is 0 Å². The highest BCUT2D eigenvalue weighted by atomic mass is 16.2. The number of pyridine rings is 1. The highest BCUT2D eigenvalue weighted by molar-refractivity contribution is 5.83. The zero-order valence-electron chi connectivity index (χ0n) is 15.6. The molecule has 0 aliphatic heterocycles. The normalized spacial score (nSPS) is 20.8. The quantitative estimate of drug-likeness (QED) is 0.850. The lowest BCUT2D eigenvalue weighted by Crippen LogP contribution is -2.26. The zero-order valence-corrected chi connectivity index (χ0v) is 15.6. The van der Waals surface area contributed by atoms with Crippen LogP contribution in [-0.2, 0) is 11.3 Å². The van der Waals surface area contributed by atoms with E-state index in [2.05, 4.69) is 49.1 Å². The summed E-state index contributed by atoms with van der Waals surface area (Å²) in [6.07, 6.45) is 7.63. The number of carbonyl (C=O) groups excluding carboxylic acids is 1. The van der Waals surface area contributed by atoms with E-state index in [9.17, 15) is 4.79 Å². The van der Waals surface area contributed by atoms with Crippen LogP contribution in [0.5, 0.6) is 0 Å². The monoisotopic (exact) mass is 338 g/mol. The predicted molar refractivity (Wildman–Crippen MR) is 98.1 cm³/mol. The topological polar surface area (TPSA) is 59.8 Å². The summed E-state index contributed by atoms with van der Waals surface area (Å²) in [6.45, 7) is 10.9. The lowest BCUT2D eigenvalue weighted by atomic mass is 10.1. The molecule has 2 aromatic rings. The Morgan fingerprint density at radius 3 is 2.72 bits per heavy atom. The van der Waals surface area contributed by atoms with Crippen LogP contribution in [0, 0.1) is 24.2 Å². The summed E-state index contributed by atoms with van der Waals surface area (Å²) in [6, 6.07) is 3.92. The largest absolute Gasteiger partial charge is 0.352 e. The molecular formula is C20H26N4O. The smallest absolute Gasteiger partial charge is 0.224 e. The fourth-order valence-electron chi connectivity index (χ4n) is 3.47. The molecule has 5 nitrogen and oxygen atoms in total. The summed E-state index contributed by atoms with van der Waals surface area (Å²) in [5.41, 5.74) is 2.34. The lowest BCUT2D eigenvalue weighted by molar-refractivity contribution is -0.123. The van der Waals surface area contributed by atoms with Gasteiger partial charge in [0, 0.05) is 25.1 Å². The third-order valence-electron chi connectivity index (χ3n) is 5.06. The molecule has 0 bridgehead atoms. The second kappa shape index (κ2) is 6.47. The molecule has 2 heterocycles. The molecule has 2 atom stereocenters. The van der Waals surface area contributed by atoms with Gasteiger partial charge < -0.3 is 5.32 Å². The molecule has 0 spiro atoms. The van der Waals surface area contributed by atoms with E-state index < -0.39 is 0 Å². The van der Waals surface area contributed by atoms with Crippen LogP contribution in [0.4, 0.5) is 0 Å². The highest BCUT2D eigenvalue weighted by Gasteiger charge is 2.60. The first kappa shape index (κ1) is 17.4. The molecule has 2 aromatic heterocycles. The van der Waals surface area contributed by atoms with Crippen LogP contribution in [0.15, 0.2) is 42.4 Å². The number of rotatable bonds is 5. The molecule has 1 aliphatic carbocycles. The molecule has 0 saturated heterocycles. The van der Waals surface area contributed by atoms with E-state index >= 15 is 0 Å². The van der Waals surface area contributed by atoms with E-state index in [4.69, 9.17) is 0 Å². The maximum atomic E-state index is 12.6. The van der Waals surface area contributed by atoms with E-state index in [0.717, 1.165) is 17.2 Å². The van der Waals surface area contributed by atoms with Gasteiger partial charge in [0.1, 0.15) is 11.6 Å². The number of carbonyl (C=O) groups is 1. The summed E-state index contributed by atoms with van der Waals surface area (Å²) < 4.78 is 1.93. The van der Waals surface area contributed by atoms with E-state index in [1.165, 1.54) is 5.57 Å². The van der Waals surface area contributed by atoms with Crippen molar-refractivity contribution in [2.24, 2.45) is 17.3 Å². The van der Waals surface area contributed by atoms with Gasteiger partial charge in [0.15, 0.2) is 0 Å². The van der Waals surface area contributed by atoms with Gasteiger partial charge in [0.2, 0.25) is 5.91 Å². The Morgan fingerprint density at radius 2 is 2.08 bits per heavy atom. The molecule has 2 unspecified atom stereocenters. The molecule has 132 valence electrons. The molecule has 5 heteroatoms. The van der Waals surface area contributed by atoms with Crippen molar-refractivity contribution in [2.45, 2.75) is 41.2 Å². The first-order valence-electron chi connectivity index (χ1n) is 8.68. The van der Waals surface area contributed by atoms with E-state index in [1.54, 1.807) is 12.4 Å². The Labute approximate surface area is 149 Å². The van der Waals surface area contributed by atoms with Gasteiger partial charge in [-0.3, -0.25) is 9.36 Å². The maximum Gasteiger partial charge on any atom is 0.224 e. The van der Waals surface area contributed by atoms with Crippen LogP contribution in [0.3, 0.4) is 0 Å². The highest BCUT2D eigenvalue weighted by Crippen LogP contribution is 2.59. The molecule has 25 heavy (non-hydrogen) atoms. The Hall–Kier alpha value is -2.43. The van der Waals surface area contributed by atoms with Gasteiger partial charge in [-0.2, -0.15) is 0 Å². The lowest BCUT2D eigenvalue weighted by Gasteiger charge is -2.09. The van der Waals surface area contributed by atoms with Gasteiger partial charge in [0.25, 0.3) is 0 Å². The first-order valence-corrected chi connectivity index (χ1v) is 8.68. The average Bonchev–Trinajstić information content (AvgIpc) is 2.88. The first-order chi connectivity index (χ1) is 11.8. The third kappa shape index (κ3) is 3.50. The summed E-state index contributed by atoms with van der Waals surface area (Å²) in [5, 5.41) is 3.09. The van der Waals surface area contributed by atoms with Crippen molar-refractivity contribution in [3.63, 3.8) is 0 Å². The molecule has 1 fully saturated rings. The number of nitrogens with one attached hydrogen (secondary N) is 1. The number of amides is 1. The molecule has 1 N–H and O–H groups in total. The molecule has 1 amide bonds. The van der Waals surface area contributed by atoms with Crippen LogP contribution in [0.25, 0.3) is 5.82 Å². The van der Waals surface area contributed by atoms with Crippen molar-refractivity contribution < 1.29 is 4.79 Å². The van der Waals surface area contributed by atoms with Crippen LogP contribution in [0.1, 0.15) is 39.1 Å². The third-order valence-corrected chi connectivity index (χ3v) is 5.06. The van der Waals surface area contributed by atoms with Gasteiger partial charge in [-0.15, -0.1) is 0 Å². The summed E-state index contributed by atoms with van der Waals surface area (Å²) in [5.74, 6) is 2.22. The second-order valence-electron chi connectivity index (χ2n) is 7.65. The Balaban J connectivity index is 1.66. The van der Waals surface area contributed by atoms with Crippen LogP contribution >= 0.6 is 0 Å². The van der Waals surface area contributed by atoms with Crippen molar-refractivity contribution >= 4 is 5.91 Å². The van der Waals surface area contributed by atoms with Gasteiger partial charge in [0.05, 0.1) is 5.92 Å². The average molecular weight is 338 g/mol. The summed E-state index contributed by atoms with van der Waals surface area (Å²) >= 11 is 0. The SMILES string of the molecule is CC(C)=CC1C(C(=O)NCc2ccnc(-n3ccnc3C)c2)C1(C)C. The number of aromatic nitrogens is 3. The number of allylic oxidation sites excluding steroid dienone is 2. The van der Waals surface area contributed by atoms with Crippen molar-refractivity contribution in [1.82, 2.24) is 19.9 Å². The fourth-order valence-corrected chi connectivity index (χ4v) is 3.47. The molecular weight excluding hydrogens is 312 g/mol. The van der Waals surface area contributed by atoms with E-state index in [0.29, 0.717) is 12.5 Å². The minimum Gasteiger partial charge on any atom is -0.352 e. The van der Waals surface area contributed by atoms with Crippen molar-refractivity contribution in [3.05, 3.63) is 53.8 Å². The summed E-state index contributed by atoms with van der Waals surface area (Å²) in [7, 11) is 0. The molecule has 0 aromatic carbocycles. The van der Waals surface area contributed by atoms with Crippen LogP contribution < -0.4 is 5.32 Å². The minimum absolute atomic E-state index is 0.0404. The zero-order chi connectivity index (χ0) is 18.2. The maximum absolute atomic E-state index is 12.6. The standard InChI is InChI=1S/C20H26N4O/c1-13(2)10-16-18(20(16,4)5)19(25)23-12-15-6-7-22-17(11-15)24-9-8-21-14(24)3/h6-11,16,18H,12H2,1-5H3,(H,23,25). The molecule has 0 radical (unpaired) electrons. The molecule has 3 rings (SSSR count). The van der Waals surface area contributed by atoms with Crippen LogP contribution in [-0.4, -0.2) is 20.4 Å². The summed E-state index contributed by atoms with van der Waals surface area (Å²) in [4.78, 5) is 21.2. The van der Waals surface area contributed by atoms with E-state index in [1.807, 2.05) is 29.8 Å². The van der Waals surface area contributed by atoms with Gasteiger partial charge in [-0.05, 0) is 49.8 Å². The fraction of sp³-hybridized carbons (Fsp3) is 0.450. The van der Waals surface area contributed by atoms with Crippen molar-refractivity contribution in [3.8, 4) is 5.82 Å². The molecule has 1 saturated carbocycles. The number of hydrogen-bond acceptors (Lipinski definition) is 3. The number of imidazole rings is 1. The van der Waals surface area contributed by atoms with Crippen LogP contribution in [0.2, 0.25) is 0 Å². The predicted octanol–water partition coefficient (Wildman–Crippen LogP) is 3.43. The number of hydrogen-bond donors (Lipinski definition) is 1. The van der Waals surface area contributed by atoms with Gasteiger partial charge >= 0.3 is 0 Å². The van der Waals surface area contributed by atoms with Gasteiger partial charge in [-0.25, -0.2) is 9.97 Å². The Bertz CT molecular complexity index is 815. The molecule has 1 aliphatic rings. The van der Waals surface area contributed by atoms with E-state index in [-0.39, 0.29) is 17.2 Å². The number of aryl methyl sites for hydroxylation is 1. The number of nitrogens with zero attached hydrogens (tertiary/aromatic N) is 3. The van der Waals surface area contributed by atoms with Gasteiger partial charge in [-0.1, -0.05) is 25.5 Å². The minimum atomic E-state index is 0.0404. The Morgan fingerprint density at radius 1 is 1.32 bits per heavy atom. The Kier molecular flexibility index (Phi) is 4.50. The second-order valence-corrected chi connectivity index (χ2v) is 7.65. The van der Waals surface area contributed by atoms with Crippen molar-refractivity contribution in [2.75, 3.05) is 0 Å².